The molecular formula is C21H26N4O4. The molecule has 4 amide bonds. The molecule has 0 aromatic heterocycles. The van der Waals surface area contributed by atoms with Crippen LogP contribution in [0.15, 0.2) is 35.5 Å². The average molecular weight is 398 g/mol. The molecule has 1 fully saturated rings. The minimum atomic E-state index is -0.614. The number of hydrogen-bond donors (Lipinski definition) is 1. The maximum atomic E-state index is 13.4. The minimum absolute atomic E-state index is 0.0357. The molecule has 3 aliphatic heterocycles. The fraction of sp³-hybridized carbons (Fsp3) is 0.476. The second-order valence-corrected chi connectivity index (χ2v) is 7.69. The molecule has 2 atom stereocenters. The van der Waals surface area contributed by atoms with Crippen LogP contribution in [0.3, 0.4) is 0 Å². The van der Waals surface area contributed by atoms with Gasteiger partial charge < -0.3 is 19.9 Å². The van der Waals surface area contributed by atoms with Gasteiger partial charge in [-0.1, -0.05) is 18.2 Å². The highest BCUT2D eigenvalue weighted by Gasteiger charge is 2.46. The first-order chi connectivity index (χ1) is 13.9. The van der Waals surface area contributed by atoms with Gasteiger partial charge in [-0.2, -0.15) is 0 Å². The van der Waals surface area contributed by atoms with Crippen LogP contribution in [0.2, 0.25) is 0 Å². The summed E-state index contributed by atoms with van der Waals surface area (Å²) in [5.74, 6) is 0.343. The van der Waals surface area contributed by atoms with E-state index >= 15 is 0 Å². The summed E-state index contributed by atoms with van der Waals surface area (Å²) in [4.78, 5) is 43.7. The summed E-state index contributed by atoms with van der Waals surface area (Å²) in [6.07, 6.45) is 2.00. The number of urea groups is 1. The number of carbonyl (C=O) groups excluding carboxylic acids is 3. The Balaban J connectivity index is 1.67. The third kappa shape index (κ3) is 3.12. The van der Waals surface area contributed by atoms with Crippen LogP contribution in [0, 0.1) is 0 Å². The number of methoxy groups -OCH3 is 1. The minimum Gasteiger partial charge on any atom is -0.496 e. The lowest BCUT2D eigenvalue weighted by atomic mass is 9.95. The third-order valence-corrected chi connectivity index (χ3v) is 6.08. The van der Waals surface area contributed by atoms with Crippen LogP contribution in [-0.2, 0) is 9.59 Å². The molecular weight excluding hydrogens is 372 g/mol. The van der Waals surface area contributed by atoms with E-state index in [-0.39, 0.29) is 24.4 Å². The predicted octanol–water partition coefficient (Wildman–Crippen LogP) is 1.50. The molecule has 1 aromatic rings. The van der Waals surface area contributed by atoms with Crippen molar-refractivity contribution < 1.29 is 19.1 Å². The SMILES string of the molecule is COc1ccccc1[C@H]1NC(=O)N(C)C2=C1C(=O)N([C@@H](C)C(=O)N1CCCC1)C2. The standard InChI is InChI=1S/C21H26N4O4/c1-13(19(26)24-10-6-7-11-24)25-12-15-17(20(25)27)18(22-21(28)23(15)2)14-8-4-5-9-16(14)29-3/h4-5,8-9,13,18H,6-7,10-12H2,1-3H3,(H,22,28)/t13-,18+/m0/s1. The van der Waals surface area contributed by atoms with Crippen molar-refractivity contribution in [1.82, 2.24) is 20.0 Å². The summed E-state index contributed by atoms with van der Waals surface area (Å²) in [6, 6.07) is 5.86. The van der Waals surface area contributed by atoms with Crippen LogP contribution in [-0.4, -0.2) is 72.4 Å². The number of likely N-dealkylation sites (N-methyl/N-ethyl adjacent to an activating group) is 1. The quantitative estimate of drug-likeness (QED) is 0.833. The molecule has 0 saturated carbocycles. The third-order valence-electron chi connectivity index (χ3n) is 6.08. The van der Waals surface area contributed by atoms with Gasteiger partial charge in [-0.05, 0) is 25.8 Å². The maximum Gasteiger partial charge on any atom is 0.322 e. The molecule has 1 N–H and O–H groups in total. The Morgan fingerprint density at radius 1 is 1.21 bits per heavy atom. The highest BCUT2D eigenvalue weighted by Crippen LogP contribution is 2.39. The molecule has 0 radical (unpaired) electrons. The lowest BCUT2D eigenvalue weighted by Gasteiger charge is -2.31. The Hall–Kier alpha value is -3.03. The van der Waals surface area contributed by atoms with Gasteiger partial charge in [0.05, 0.1) is 31.0 Å². The van der Waals surface area contributed by atoms with E-state index in [2.05, 4.69) is 5.32 Å². The van der Waals surface area contributed by atoms with E-state index < -0.39 is 12.1 Å². The Kier molecular flexibility index (Phi) is 4.94. The molecule has 4 rings (SSSR count). The number of nitrogens with one attached hydrogen (secondary N) is 1. The Labute approximate surface area is 170 Å². The number of benzene rings is 1. The monoisotopic (exact) mass is 398 g/mol. The van der Waals surface area contributed by atoms with Crippen LogP contribution < -0.4 is 10.1 Å². The normalized spacial score (nSPS) is 22.7. The summed E-state index contributed by atoms with van der Waals surface area (Å²) >= 11 is 0. The van der Waals surface area contributed by atoms with Gasteiger partial charge in [-0.25, -0.2) is 4.79 Å². The number of amides is 4. The predicted molar refractivity (Wildman–Crippen MR) is 106 cm³/mol. The molecule has 0 unspecified atom stereocenters. The van der Waals surface area contributed by atoms with Gasteiger partial charge in [0.1, 0.15) is 11.8 Å². The van der Waals surface area contributed by atoms with Crippen LogP contribution in [0.1, 0.15) is 31.4 Å². The molecule has 1 saturated heterocycles. The van der Waals surface area contributed by atoms with E-state index in [0.717, 1.165) is 31.5 Å². The van der Waals surface area contributed by atoms with Gasteiger partial charge in [-0.15, -0.1) is 0 Å². The van der Waals surface area contributed by atoms with Gasteiger partial charge in [0.15, 0.2) is 0 Å². The van der Waals surface area contributed by atoms with E-state index in [9.17, 15) is 14.4 Å². The largest absolute Gasteiger partial charge is 0.496 e. The fourth-order valence-electron chi connectivity index (χ4n) is 4.37. The van der Waals surface area contributed by atoms with Crippen molar-refractivity contribution in [3.63, 3.8) is 0 Å². The van der Waals surface area contributed by atoms with Gasteiger partial charge >= 0.3 is 6.03 Å². The second kappa shape index (κ2) is 7.42. The number of likely N-dealkylation sites (tertiary alicyclic amines) is 1. The molecule has 0 aliphatic carbocycles. The molecule has 8 heteroatoms. The van der Waals surface area contributed by atoms with Crippen molar-refractivity contribution in [2.75, 3.05) is 33.8 Å². The van der Waals surface area contributed by atoms with E-state index in [4.69, 9.17) is 4.74 Å². The Bertz CT molecular complexity index is 890. The molecule has 8 nitrogen and oxygen atoms in total. The number of ether oxygens (including phenoxy) is 1. The fourth-order valence-corrected chi connectivity index (χ4v) is 4.37. The summed E-state index contributed by atoms with van der Waals surface area (Å²) in [6.45, 7) is 3.49. The zero-order valence-electron chi connectivity index (χ0n) is 17.0. The smallest absolute Gasteiger partial charge is 0.322 e. The lowest BCUT2D eigenvalue weighted by Crippen LogP contribution is -2.47. The summed E-state index contributed by atoms with van der Waals surface area (Å²) in [5, 5.41) is 2.91. The summed E-state index contributed by atoms with van der Waals surface area (Å²) in [7, 11) is 3.21. The van der Waals surface area contributed by atoms with Gasteiger partial charge in [0.25, 0.3) is 5.91 Å². The van der Waals surface area contributed by atoms with E-state index in [1.165, 1.54) is 4.90 Å². The molecule has 3 aliphatic rings. The van der Waals surface area contributed by atoms with Crippen molar-refractivity contribution in [1.29, 1.82) is 0 Å². The van der Waals surface area contributed by atoms with Crippen molar-refractivity contribution in [2.24, 2.45) is 0 Å². The molecule has 0 spiro atoms. The van der Waals surface area contributed by atoms with Crippen molar-refractivity contribution in [2.45, 2.75) is 31.8 Å². The van der Waals surface area contributed by atoms with Gasteiger partial charge in [-0.3, -0.25) is 14.5 Å². The topological polar surface area (TPSA) is 82.2 Å². The highest BCUT2D eigenvalue weighted by atomic mass is 16.5. The lowest BCUT2D eigenvalue weighted by molar-refractivity contribution is -0.141. The van der Waals surface area contributed by atoms with E-state index in [1.54, 1.807) is 32.0 Å². The van der Waals surface area contributed by atoms with Gasteiger partial charge in [0, 0.05) is 25.7 Å². The first-order valence-corrected chi connectivity index (χ1v) is 9.94. The summed E-state index contributed by atoms with van der Waals surface area (Å²) < 4.78 is 5.45. The van der Waals surface area contributed by atoms with Crippen LogP contribution >= 0.6 is 0 Å². The Morgan fingerprint density at radius 3 is 2.59 bits per heavy atom. The van der Waals surface area contributed by atoms with Crippen LogP contribution in [0.4, 0.5) is 4.79 Å². The number of para-hydroxylation sites is 1. The molecule has 3 heterocycles. The number of carbonyl (C=O) groups is 3. The van der Waals surface area contributed by atoms with Gasteiger partial charge in [0.2, 0.25) is 5.91 Å². The summed E-state index contributed by atoms with van der Waals surface area (Å²) in [5.41, 5.74) is 1.85. The maximum absolute atomic E-state index is 13.4. The van der Waals surface area contributed by atoms with Crippen molar-refractivity contribution in [3.05, 3.63) is 41.1 Å². The Morgan fingerprint density at radius 2 is 1.90 bits per heavy atom. The molecule has 154 valence electrons. The zero-order valence-corrected chi connectivity index (χ0v) is 17.0. The first-order valence-electron chi connectivity index (χ1n) is 9.94. The van der Waals surface area contributed by atoms with E-state index in [1.807, 2.05) is 23.1 Å². The number of rotatable bonds is 4. The molecule has 29 heavy (non-hydrogen) atoms. The number of hydrogen-bond acceptors (Lipinski definition) is 4. The van der Waals surface area contributed by atoms with Crippen molar-refractivity contribution in [3.8, 4) is 5.75 Å². The number of nitrogens with zero attached hydrogens (tertiary/aromatic N) is 3. The van der Waals surface area contributed by atoms with Crippen LogP contribution in [0.25, 0.3) is 0 Å². The zero-order chi connectivity index (χ0) is 20.7. The van der Waals surface area contributed by atoms with Crippen LogP contribution in [0.5, 0.6) is 5.75 Å². The molecule has 0 bridgehead atoms. The van der Waals surface area contributed by atoms with Crippen molar-refractivity contribution >= 4 is 17.8 Å². The second-order valence-electron chi connectivity index (χ2n) is 7.69. The average Bonchev–Trinajstić information content (AvgIpc) is 3.38. The molecule has 1 aromatic carbocycles. The first kappa shape index (κ1) is 19.3. The highest BCUT2D eigenvalue weighted by molar-refractivity contribution is 6.03. The van der Waals surface area contributed by atoms with E-state index in [0.29, 0.717) is 17.0 Å².